The van der Waals surface area contributed by atoms with Crippen molar-refractivity contribution in [2.75, 3.05) is 7.05 Å². The highest BCUT2D eigenvalue weighted by Gasteiger charge is 2.19. The highest BCUT2D eigenvalue weighted by atomic mass is 16.3. The quantitative estimate of drug-likeness (QED) is 0.852. The van der Waals surface area contributed by atoms with Crippen LogP contribution in [-0.2, 0) is 4.79 Å². The van der Waals surface area contributed by atoms with Gasteiger partial charge in [0.15, 0.2) is 0 Å². The molecule has 0 aromatic heterocycles. The molecule has 1 aromatic carbocycles. The second-order valence-corrected chi connectivity index (χ2v) is 4.37. The Hall–Kier alpha value is -1.51. The van der Waals surface area contributed by atoms with Crippen molar-refractivity contribution in [1.82, 2.24) is 4.90 Å². The molecule has 0 radical (unpaired) electrons. The Morgan fingerprint density at radius 2 is 1.69 bits per heavy atom. The SMILES string of the molecule is CC(C)C(=O)N(C)C(C)c1ccc(O)cc1. The van der Waals surface area contributed by atoms with E-state index in [1.807, 2.05) is 32.9 Å². The van der Waals surface area contributed by atoms with Crippen LogP contribution < -0.4 is 0 Å². The van der Waals surface area contributed by atoms with E-state index >= 15 is 0 Å². The lowest BCUT2D eigenvalue weighted by molar-refractivity contribution is -0.135. The predicted octanol–water partition coefficient (Wildman–Crippen LogP) is 2.57. The largest absolute Gasteiger partial charge is 0.508 e. The zero-order valence-electron chi connectivity index (χ0n) is 10.3. The van der Waals surface area contributed by atoms with E-state index in [4.69, 9.17) is 0 Å². The fourth-order valence-electron chi connectivity index (χ4n) is 1.57. The van der Waals surface area contributed by atoms with Crippen molar-refractivity contribution in [2.45, 2.75) is 26.8 Å². The molecule has 1 unspecified atom stereocenters. The molecule has 88 valence electrons. The Labute approximate surface area is 96.7 Å². The second kappa shape index (κ2) is 5.01. The predicted molar refractivity (Wildman–Crippen MR) is 64.1 cm³/mol. The Balaban J connectivity index is 2.81. The fraction of sp³-hybridized carbons (Fsp3) is 0.462. The summed E-state index contributed by atoms with van der Waals surface area (Å²) in [6, 6.07) is 6.98. The van der Waals surface area contributed by atoms with Crippen LogP contribution in [0.15, 0.2) is 24.3 Å². The van der Waals surface area contributed by atoms with Crippen molar-refractivity contribution >= 4 is 5.91 Å². The minimum Gasteiger partial charge on any atom is -0.508 e. The van der Waals surface area contributed by atoms with Gasteiger partial charge in [-0.25, -0.2) is 0 Å². The molecule has 0 saturated heterocycles. The smallest absolute Gasteiger partial charge is 0.225 e. The van der Waals surface area contributed by atoms with Crippen molar-refractivity contribution < 1.29 is 9.90 Å². The Morgan fingerprint density at radius 1 is 1.19 bits per heavy atom. The van der Waals surface area contributed by atoms with Gasteiger partial charge < -0.3 is 10.0 Å². The number of phenolic OH excluding ortho intramolecular Hbond substituents is 1. The summed E-state index contributed by atoms with van der Waals surface area (Å²) >= 11 is 0. The third-order valence-electron chi connectivity index (χ3n) is 2.80. The molecular formula is C13H19NO2. The molecule has 0 bridgehead atoms. The monoisotopic (exact) mass is 221 g/mol. The highest BCUT2D eigenvalue weighted by molar-refractivity contribution is 5.78. The van der Waals surface area contributed by atoms with E-state index in [-0.39, 0.29) is 23.6 Å². The number of carbonyl (C=O) groups excluding carboxylic acids is 1. The van der Waals surface area contributed by atoms with Crippen LogP contribution in [0, 0.1) is 5.92 Å². The molecule has 0 aliphatic heterocycles. The first kappa shape index (κ1) is 12.6. The molecule has 0 saturated carbocycles. The summed E-state index contributed by atoms with van der Waals surface area (Å²) in [6.45, 7) is 5.76. The van der Waals surface area contributed by atoms with Gasteiger partial charge >= 0.3 is 0 Å². The molecule has 3 nitrogen and oxygen atoms in total. The first-order valence-electron chi connectivity index (χ1n) is 5.49. The molecule has 1 atom stereocenters. The van der Waals surface area contributed by atoms with E-state index in [2.05, 4.69) is 0 Å². The van der Waals surface area contributed by atoms with E-state index in [1.165, 1.54) is 0 Å². The number of benzene rings is 1. The minimum absolute atomic E-state index is 0.00423. The first-order valence-corrected chi connectivity index (χ1v) is 5.49. The van der Waals surface area contributed by atoms with Gasteiger partial charge in [-0.3, -0.25) is 4.79 Å². The Morgan fingerprint density at radius 3 is 2.12 bits per heavy atom. The summed E-state index contributed by atoms with van der Waals surface area (Å²) in [5.74, 6) is 0.374. The van der Waals surface area contributed by atoms with Crippen LogP contribution in [-0.4, -0.2) is 23.0 Å². The standard InChI is InChI=1S/C13H19NO2/c1-9(2)13(16)14(4)10(3)11-5-7-12(15)8-6-11/h5-10,15H,1-4H3. The molecule has 0 aliphatic carbocycles. The zero-order valence-corrected chi connectivity index (χ0v) is 10.3. The average Bonchev–Trinajstić information content (AvgIpc) is 2.27. The van der Waals surface area contributed by atoms with Crippen molar-refractivity contribution in [3.63, 3.8) is 0 Å². The summed E-state index contributed by atoms with van der Waals surface area (Å²) in [7, 11) is 1.81. The lowest BCUT2D eigenvalue weighted by atomic mass is 10.1. The number of hydrogen-bond donors (Lipinski definition) is 1. The van der Waals surface area contributed by atoms with Gasteiger partial charge in [0.25, 0.3) is 0 Å². The third-order valence-corrected chi connectivity index (χ3v) is 2.80. The van der Waals surface area contributed by atoms with Gasteiger partial charge in [-0.05, 0) is 24.6 Å². The van der Waals surface area contributed by atoms with Crippen molar-refractivity contribution in [3.8, 4) is 5.75 Å². The summed E-state index contributed by atoms with van der Waals surface area (Å²) in [4.78, 5) is 13.5. The van der Waals surface area contributed by atoms with Crippen molar-refractivity contribution in [1.29, 1.82) is 0 Å². The molecule has 0 heterocycles. The number of amides is 1. The fourth-order valence-corrected chi connectivity index (χ4v) is 1.57. The second-order valence-electron chi connectivity index (χ2n) is 4.37. The minimum atomic E-state index is 0.00423. The molecule has 1 rings (SSSR count). The van der Waals surface area contributed by atoms with Gasteiger partial charge in [0.2, 0.25) is 5.91 Å². The van der Waals surface area contributed by atoms with Gasteiger partial charge in [0.05, 0.1) is 6.04 Å². The normalized spacial score (nSPS) is 12.6. The van der Waals surface area contributed by atoms with E-state index in [9.17, 15) is 9.90 Å². The summed E-state index contributed by atoms with van der Waals surface area (Å²) in [5, 5.41) is 9.19. The molecule has 16 heavy (non-hydrogen) atoms. The highest BCUT2D eigenvalue weighted by Crippen LogP contribution is 2.22. The summed E-state index contributed by atoms with van der Waals surface area (Å²) in [6.07, 6.45) is 0. The van der Waals surface area contributed by atoms with E-state index in [0.717, 1.165) is 5.56 Å². The van der Waals surface area contributed by atoms with Gasteiger partial charge in [-0.1, -0.05) is 26.0 Å². The van der Waals surface area contributed by atoms with Crippen molar-refractivity contribution in [3.05, 3.63) is 29.8 Å². The number of hydrogen-bond acceptors (Lipinski definition) is 2. The molecule has 1 amide bonds. The topological polar surface area (TPSA) is 40.5 Å². The van der Waals surface area contributed by atoms with E-state index in [0.29, 0.717) is 0 Å². The number of nitrogens with zero attached hydrogens (tertiary/aromatic N) is 1. The lowest BCUT2D eigenvalue weighted by Gasteiger charge is -2.27. The number of carbonyl (C=O) groups is 1. The average molecular weight is 221 g/mol. The summed E-state index contributed by atoms with van der Waals surface area (Å²) in [5.41, 5.74) is 1.02. The Kier molecular flexibility index (Phi) is 3.93. The zero-order chi connectivity index (χ0) is 12.3. The number of phenols is 1. The maximum absolute atomic E-state index is 11.8. The molecular weight excluding hydrogens is 202 g/mol. The maximum Gasteiger partial charge on any atom is 0.225 e. The number of rotatable bonds is 3. The molecule has 0 aliphatic rings. The first-order chi connectivity index (χ1) is 7.43. The van der Waals surface area contributed by atoms with Crippen LogP contribution in [0.1, 0.15) is 32.4 Å². The van der Waals surface area contributed by atoms with Crippen LogP contribution in [0.3, 0.4) is 0 Å². The van der Waals surface area contributed by atoms with E-state index < -0.39 is 0 Å². The van der Waals surface area contributed by atoms with Gasteiger partial charge in [-0.15, -0.1) is 0 Å². The molecule has 1 N–H and O–H groups in total. The van der Waals surface area contributed by atoms with Gasteiger partial charge in [-0.2, -0.15) is 0 Å². The van der Waals surface area contributed by atoms with Gasteiger partial charge in [0, 0.05) is 13.0 Å². The van der Waals surface area contributed by atoms with Crippen LogP contribution in [0.4, 0.5) is 0 Å². The molecule has 3 heteroatoms. The van der Waals surface area contributed by atoms with Crippen LogP contribution >= 0.6 is 0 Å². The van der Waals surface area contributed by atoms with E-state index in [1.54, 1.807) is 24.1 Å². The Bertz CT molecular complexity index is 357. The van der Waals surface area contributed by atoms with Gasteiger partial charge in [0.1, 0.15) is 5.75 Å². The molecule has 0 spiro atoms. The third kappa shape index (κ3) is 2.75. The summed E-state index contributed by atoms with van der Waals surface area (Å²) < 4.78 is 0. The maximum atomic E-state index is 11.8. The van der Waals surface area contributed by atoms with Crippen LogP contribution in [0.5, 0.6) is 5.75 Å². The lowest BCUT2D eigenvalue weighted by Crippen LogP contribution is -2.32. The number of aromatic hydroxyl groups is 1. The van der Waals surface area contributed by atoms with Crippen LogP contribution in [0.2, 0.25) is 0 Å². The van der Waals surface area contributed by atoms with Crippen molar-refractivity contribution in [2.24, 2.45) is 5.92 Å². The molecule has 1 aromatic rings. The molecule has 0 fully saturated rings. The van der Waals surface area contributed by atoms with Crippen LogP contribution in [0.25, 0.3) is 0 Å².